The summed E-state index contributed by atoms with van der Waals surface area (Å²) in [5.74, 6) is 0.0181. The molecule has 0 bridgehead atoms. The van der Waals surface area contributed by atoms with Crippen LogP contribution in [0.3, 0.4) is 0 Å². The average Bonchev–Trinajstić information content (AvgIpc) is 2.95. The third kappa shape index (κ3) is 3.45. The van der Waals surface area contributed by atoms with Crippen molar-refractivity contribution < 1.29 is 9.53 Å². The molecule has 0 aliphatic carbocycles. The van der Waals surface area contributed by atoms with Crippen LogP contribution >= 0.6 is 0 Å². The number of ether oxygens (including phenoxy) is 1. The van der Waals surface area contributed by atoms with Crippen molar-refractivity contribution in [1.82, 2.24) is 15.1 Å². The number of aromatic nitrogens is 2. The standard InChI is InChI=1S/C19H26N4O2/c1-14-17(15(2)23(22-14)16-6-4-3-5-7-16)12-21-18(24)19(13-20)8-10-25-11-9-19/h3-7H,8-13,20H2,1-2H3,(H,21,24). The quantitative estimate of drug-likeness (QED) is 0.869. The van der Waals surface area contributed by atoms with Gasteiger partial charge in [0, 0.05) is 37.6 Å². The van der Waals surface area contributed by atoms with Crippen LogP contribution in [0.15, 0.2) is 30.3 Å². The Kier molecular flexibility index (Phi) is 5.20. The Morgan fingerprint density at radius 3 is 2.60 bits per heavy atom. The van der Waals surface area contributed by atoms with Crippen LogP contribution in [0.25, 0.3) is 5.69 Å². The number of hydrogen-bond donors (Lipinski definition) is 2. The summed E-state index contributed by atoms with van der Waals surface area (Å²) < 4.78 is 7.30. The third-order valence-corrected chi connectivity index (χ3v) is 5.19. The summed E-state index contributed by atoms with van der Waals surface area (Å²) in [5.41, 5.74) is 9.45. The van der Waals surface area contributed by atoms with Gasteiger partial charge in [-0.1, -0.05) is 18.2 Å². The van der Waals surface area contributed by atoms with E-state index in [1.165, 1.54) is 0 Å². The highest BCUT2D eigenvalue weighted by Gasteiger charge is 2.38. The predicted molar refractivity (Wildman–Crippen MR) is 96.4 cm³/mol. The number of nitrogens with zero attached hydrogens (tertiary/aromatic N) is 2. The van der Waals surface area contributed by atoms with Crippen LogP contribution in [0.5, 0.6) is 0 Å². The number of nitrogens with one attached hydrogen (secondary N) is 1. The molecular formula is C19H26N4O2. The SMILES string of the molecule is Cc1nn(-c2ccccc2)c(C)c1CNC(=O)C1(CN)CCOCC1. The van der Waals surface area contributed by atoms with Gasteiger partial charge in [0.25, 0.3) is 0 Å². The van der Waals surface area contributed by atoms with Gasteiger partial charge < -0.3 is 15.8 Å². The van der Waals surface area contributed by atoms with Crippen LogP contribution in [0.2, 0.25) is 0 Å². The molecule has 3 rings (SSSR count). The predicted octanol–water partition coefficient (Wildman–Crippen LogP) is 1.86. The summed E-state index contributed by atoms with van der Waals surface area (Å²) >= 11 is 0. The fourth-order valence-corrected chi connectivity index (χ4v) is 3.39. The molecule has 6 heteroatoms. The second-order valence-corrected chi connectivity index (χ2v) is 6.68. The number of para-hydroxylation sites is 1. The zero-order chi connectivity index (χ0) is 17.9. The van der Waals surface area contributed by atoms with E-state index < -0.39 is 5.41 Å². The number of aryl methyl sites for hydroxylation is 1. The lowest BCUT2D eigenvalue weighted by atomic mass is 9.79. The molecule has 3 N–H and O–H groups in total. The van der Waals surface area contributed by atoms with Gasteiger partial charge in [0.05, 0.1) is 16.8 Å². The monoisotopic (exact) mass is 342 g/mol. The molecule has 134 valence electrons. The van der Waals surface area contributed by atoms with Gasteiger partial charge in [0.15, 0.2) is 0 Å². The normalized spacial score (nSPS) is 16.6. The molecule has 0 radical (unpaired) electrons. The maximum Gasteiger partial charge on any atom is 0.227 e. The first-order chi connectivity index (χ1) is 12.1. The van der Waals surface area contributed by atoms with Crippen LogP contribution < -0.4 is 11.1 Å². The van der Waals surface area contributed by atoms with E-state index in [-0.39, 0.29) is 5.91 Å². The molecule has 1 fully saturated rings. The summed E-state index contributed by atoms with van der Waals surface area (Å²) in [6, 6.07) is 10.0. The lowest BCUT2D eigenvalue weighted by molar-refractivity contribution is -0.136. The van der Waals surface area contributed by atoms with Crippen LogP contribution in [-0.4, -0.2) is 35.4 Å². The van der Waals surface area contributed by atoms with E-state index >= 15 is 0 Å². The number of carbonyl (C=O) groups excluding carboxylic acids is 1. The molecule has 1 amide bonds. The largest absolute Gasteiger partial charge is 0.381 e. The van der Waals surface area contributed by atoms with Gasteiger partial charge in [-0.05, 0) is 38.8 Å². The Bertz CT molecular complexity index is 733. The lowest BCUT2D eigenvalue weighted by Crippen LogP contribution is -2.49. The fraction of sp³-hybridized carbons (Fsp3) is 0.474. The smallest absolute Gasteiger partial charge is 0.227 e. The van der Waals surface area contributed by atoms with Gasteiger partial charge in [0.2, 0.25) is 5.91 Å². The minimum Gasteiger partial charge on any atom is -0.381 e. The van der Waals surface area contributed by atoms with Crippen LogP contribution in [0.1, 0.15) is 29.8 Å². The zero-order valence-corrected chi connectivity index (χ0v) is 14.9. The molecule has 1 aliphatic rings. The molecule has 1 aliphatic heterocycles. The molecule has 1 aromatic heterocycles. The van der Waals surface area contributed by atoms with E-state index in [1.807, 2.05) is 48.9 Å². The number of rotatable bonds is 5. The van der Waals surface area contributed by atoms with E-state index in [0.717, 1.165) is 22.6 Å². The Morgan fingerprint density at radius 2 is 1.96 bits per heavy atom. The highest BCUT2D eigenvalue weighted by Crippen LogP contribution is 2.29. The lowest BCUT2D eigenvalue weighted by Gasteiger charge is -2.34. The third-order valence-electron chi connectivity index (χ3n) is 5.19. The molecular weight excluding hydrogens is 316 g/mol. The van der Waals surface area contributed by atoms with E-state index in [9.17, 15) is 4.79 Å². The summed E-state index contributed by atoms with van der Waals surface area (Å²) in [4.78, 5) is 12.7. The molecule has 6 nitrogen and oxygen atoms in total. The van der Waals surface area contributed by atoms with E-state index in [1.54, 1.807) is 0 Å². The highest BCUT2D eigenvalue weighted by atomic mass is 16.5. The van der Waals surface area contributed by atoms with Crippen molar-refractivity contribution >= 4 is 5.91 Å². The topological polar surface area (TPSA) is 82.2 Å². The average molecular weight is 342 g/mol. The van der Waals surface area contributed by atoms with Crippen molar-refractivity contribution in [2.24, 2.45) is 11.1 Å². The van der Waals surface area contributed by atoms with Gasteiger partial charge in [-0.15, -0.1) is 0 Å². The van der Waals surface area contributed by atoms with Crippen LogP contribution in [0.4, 0.5) is 0 Å². The highest BCUT2D eigenvalue weighted by molar-refractivity contribution is 5.83. The van der Waals surface area contributed by atoms with Gasteiger partial charge >= 0.3 is 0 Å². The molecule has 2 heterocycles. The maximum absolute atomic E-state index is 12.7. The van der Waals surface area contributed by atoms with Crippen LogP contribution in [0, 0.1) is 19.3 Å². The Hall–Kier alpha value is -2.18. The number of benzene rings is 1. The van der Waals surface area contributed by atoms with Crippen molar-refractivity contribution in [3.8, 4) is 5.69 Å². The minimum absolute atomic E-state index is 0.0181. The number of carbonyl (C=O) groups is 1. The second-order valence-electron chi connectivity index (χ2n) is 6.68. The molecule has 1 aromatic carbocycles. The Balaban J connectivity index is 1.75. The first-order valence-electron chi connectivity index (χ1n) is 8.74. The van der Waals surface area contributed by atoms with Crippen molar-refractivity contribution in [2.45, 2.75) is 33.2 Å². The number of amides is 1. The summed E-state index contributed by atoms with van der Waals surface area (Å²) in [6.45, 7) is 6.00. The molecule has 0 unspecified atom stereocenters. The molecule has 2 aromatic rings. The molecule has 25 heavy (non-hydrogen) atoms. The summed E-state index contributed by atoms with van der Waals surface area (Å²) in [7, 11) is 0. The molecule has 0 saturated carbocycles. The van der Waals surface area contributed by atoms with E-state index in [4.69, 9.17) is 10.5 Å². The first kappa shape index (κ1) is 17.6. The fourth-order valence-electron chi connectivity index (χ4n) is 3.39. The van der Waals surface area contributed by atoms with Gasteiger partial charge in [-0.2, -0.15) is 5.10 Å². The minimum atomic E-state index is -0.504. The van der Waals surface area contributed by atoms with Gasteiger partial charge in [0.1, 0.15) is 0 Å². The zero-order valence-electron chi connectivity index (χ0n) is 14.9. The van der Waals surface area contributed by atoms with E-state index in [2.05, 4.69) is 10.4 Å². The number of hydrogen-bond acceptors (Lipinski definition) is 4. The summed E-state index contributed by atoms with van der Waals surface area (Å²) in [5, 5.41) is 7.71. The molecule has 0 atom stereocenters. The van der Waals surface area contributed by atoms with Crippen molar-refractivity contribution in [3.05, 3.63) is 47.3 Å². The van der Waals surface area contributed by atoms with Gasteiger partial charge in [-0.3, -0.25) is 4.79 Å². The van der Waals surface area contributed by atoms with E-state index in [0.29, 0.717) is 39.1 Å². The Labute approximate surface area is 148 Å². The van der Waals surface area contributed by atoms with Crippen molar-refractivity contribution in [1.29, 1.82) is 0 Å². The van der Waals surface area contributed by atoms with Crippen molar-refractivity contribution in [2.75, 3.05) is 19.8 Å². The van der Waals surface area contributed by atoms with Gasteiger partial charge in [-0.25, -0.2) is 4.68 Å². The second kappa shape index (κ2) is 7.37. The van der Waals surface area contributed by atoms with Crippen molar-refractivity contribution in [3.63, 3.8) is 0 Å². The van der Waals surface area contributed by atoms with Crippen LogP contribution in [-0.2, 0) is 16.1 Å². The molecule has 0 spiro atoms. The number of nitrogens with two attached hydrogens (primary N) is 1. The maximum atomic E-state index is 12.7. The first-order valence-corrected chi connectivity index (χ1v) is 8.74. The molecule has 1 saturated heterocycles. The summed E-state index contributed by atoms with van der Waals surface area (Å²) in [6.07, 6.45) is 1.35. The Morgan fingerprint density at radius 1 is 1.28 bits per heavy atom.